The molecule has 1 heterocycles. The molecule has 1 aromatic heterocycles. The highest BCUT2D eigenvalue weighted by Gasteiger charge is 2.30. The third-order valence-corrected chi connectivity index (χ3v) is 4.58. The summed E-state index contributed by atoms with van der Waals surface area (Å²) >= 11 is 0. The number of ether oxygens (including phenoxy) is 2. The van der Waals surface area contributed by atoms with Crippen molar-refractivity contribution >= 4 is 11.7 Å². The van der Waals surface area contributed by atoms with E-state index in [1.54, 1.807) is 18.3 Å². The molecule has 0 unspecified atom stereocenters. The summed E-state index contributed by atoms with van der Waals surface area (Å²) in [6.45, 7) is 2.02. The molecule has 3 rings (SSSR count). The average Bonchev–Trinajstić information content (AvgIpc) is 2.73. The Hall–Kier alpha value is -3.75. The number of carboxylic acid groups (broad SMARTS) is 1. The molecule has 2 aromatic carbocycles. The molecule has 0 aliphatic rings. The first-order valence-corrected chi connectivity index (χ1v) is 9.58. The van der Waals surface area contributed by atoms with Crippen LogP contribution in [-0.2, 0) is 11.3 Å². The van der Waals surface area contributed by atoms with Crippen molar-refractivity contribution in [3.05, 3.63) is 71.9 Å². The summed E-state index contributed by atoms with van der Waals surface area (Å²) in [5.41, 5.74) is 3.99. The summed E-state index contributed by atoms with van der Waals surface area (Å²) < 4.78 is 45.9. The standard InChI is InChI=1S/C23H21F3N2O4/c1-15-11-18(6-10-21(15)31-14-22(29)30)28(2)13-16-3-9-20(27-12-16)17-4-7-19(8-5-17)32-23(24,25)26/h3-12H,13-14H2,1-2H3,(H,29,30). The third-order valence-electron chi connectivity index (χ3n) is 4.58. The molecule has 0 atom stereocenters. The van der Waals surface area contributed by atoms with Crippen molar-refractivity contribution in [1.29, 1.82) is 0 Å². The van der Waals surface area contributed by atoms with Crippen LogP contribution in [0.5, 0.6) is 11.5 Å². The number of hydrogen-bond donors (Lipinski definition) is 1. The van der Waals surface area contributed by atoms with Crippen molar-refractivity contribution in [3.8, 4) is 22.8 Å². The number of anilines is 1. The summed E-state index contributed by atoms with van der Waals surface area (Å²) in [4.78, 5) is 17.1. The number of pyridine rings is 1. The molecule has 32 heavy (non-hydrogen) atoms. The molecule has 0 aliphatic carbocycles. The van der Waals surface area contributed by atoms with Crippen molar-refractivity contribution in [2.75, 3.05) is 18.6 Å². The first-order chi connectivity index (χ1) is 15.1. The van der Waals surface area contributed by atoms with Gasteiger partial charge in [0.25, 0.3) is 0 Å². The van der Waals surface area contributed by atoms with Crippen molar-refractivity contribution in [2.24, 2.45) is 0 Å². The van der Waals surface area contributed by atoms with Crippen molar-refractivity contribution in [2.45, 2.75) is 19.8 Å². The Balaban J connectivity index is 1.64. The van der Waals surface area contributed by atoms with Crippen LogP contribution in [-0.4, -0.2) is 36.1 Å². The number of aliphatic carboxylic acids is 1. The van der Waals surface area contributed by atoms with E-state index in [1.807, 2.05) is 37.1 Å². The van der Waals surface area contributed by atoms with Crippen LogP contribution in [0.1, 0.15) is 11.1 Å². The quantitative estimate of drug-likeness (QED) is 0.522. The van der Waals surface area contributed by atoms with Gasteiger partial charge in [-0.25, -0.2) is 4.79 Å². The molecule has 3 aromatic rings. The second-order valence-electron chi connectivity index (χ2n) is 7.11. The highest BCUT2D eigenvalue weighted by molar-refractivity contribution is 5.68. The maximum Gasteiger partial charge on any atom is 0.573 e. The zero-order valence-electron chi connectivity index (χ0n) is 17.4. The third kappa shape index (κ3) is 6.37. The molecule has 1 N–H and O–H groups in total. The minimum atomic E-state index is -4.72. The van der Waals surface area contributed by atoms with E-state index in [1.165, 1.54) is 24.3 Å². The average molecular weight is 446 g/mol. The fourth-order valence-corrected chi connectivity index (χ4v) is 3.05. The Morgan fingerprint density at radius 1 is 1.09 bits per heavy atom. The number of aryl methyl sites for hydroxylation is 1. The number of aromatic nitrogens is 1. The zero-order chi connectivity index (χ0) is 23.3. The Morgan fingerprint density at radius 3 is 2.38 bits per heavy atom. The topological polar surface area (TPSA) is 71.9 Å². The maximum absolute atomic E-state index is 12.3. The second-order valence-corrected chi connectivity index (χ2v) is 7.11. The first kappa shape index (κ1) is 22.9. The highest BCUT2D eigenvalue weighted by atomic mass is 19.4. The number of carbonyl (C=O) groups is 1. The van der Waals surface area contributed by atoms with Crippen molar-refractivity contribution in [3.63, 3.8) is 0 Å². The van der Waals surface area contributed by atoms with E-state index in [2.05, 4.69) is 9.72 Å². The number of alkyl halides is 3. The van der Waals surface area contributed by atoms with Gasteiger partial charge in [0, 0.05) is 31.0 Å². The van der Waals surface area contributed by atoms with Crippen LogP contribution < -0.4 is 14.4 Å². The normalized spacial score (nSPS) is 11.2. The van der Waals surface area contributed by atoms with E-state index in [0.717, 1.165) is 16.8 Å². The Morgan fingerprint density at radius 2 is 1.81 bits per heavy atom. The van der Waals surface area contributed by atoms with Gasteiger partial charge in [-0.2, -0.15) is 0 Å². The van der Waals surface area contributed by atoms with Gasteiger partial charge < -0.3 is 19.5 Å². The minimum absolute atomic E-state index is 0.283. The van der Waals surface area contributed by atoms with Gasteiger partial charge >= 0.3 is 12.3 Å². The Bertz CT molecular complexity index is 1070. The molecule has 0 saturated carbocycles. The summed E-state index contributed by atoms with van der Waals surface area (Å²) in [6, 6.07) is 14.7. The number of nitrogens with zero attached hydrogens (tertiary/aromatic N) is 2. The molecule has 0 spiro atoms. The molecule has 0 fully saturated rings. The Kier molecular flexibility index (Phi) is 6.87. The van der Waals surface area contributed by atoms with Crippen LogP contribution in [0.25, 0.3) is 11.3 Å². The summed E-state index contributed by atoms with van der Waals surface area (Å²) in [7, 11) is 1.92. The molecule has 0 amide bonds. The van der Waals surface area contributed by atoms with Crippen LogP contribution in [0, 0.1) is 6.92 Å². The molecular formula is C23H21F3N2O4. The van der Waals surface area contributed by atoms with E-state index < -0.39 is 18.9 Å². The maximum atomic E-state index is 12.3. The van der Waals surface area contributed by atoms with Crippen LogP contribution >= 0.6 is 0 Å². The molecule has 0 saturated heterocycles. The highest BCUT2D eigenvalue weighted by Crippen LogP contribution is 2.27. The van der Waals surface area contributed by atoms with Gasteiger partial charge in [-0.3, -0.25) is 4.98 Å². The van der Waals surface area contributed by atoms with Gasteiger partial charge in [-0.15, -0.1) is 13.2 Å². The smallest absolute Gasteiger partial charge is 0.482 e. The van der Waals surface area contributed by atoms with Crippen LogP contribution in [0.3, 0.4) is 0 Å². The molecule has 6 nitrogen and oxygen atoms in total. The lowest BCUT2D eigenvalue weighted by Gasteiger charge is -2.21. The lowest BCUT2D eigenvalue weighted by molar-refractivity contribution is -0.274. The van der Waals surface area contributed by atoms with E-state index in [0.29, 0.717) is 23.6 Å². The number of hydrogen-bond acceptors (Lipinski definition) is 5. The van der Waals surface area contributed by atoms with Crippen molar-refractivity contribution in [1.82, 2.24) is 4.98 Å². The molecule has 0 aliphatic heterocycles. The fraction of sp³-hybridized carbons (Fsp3) is 0.217. The van der Waals surface area contributed by atoms with Gasteiger partial charge in [-0.1, -0.05) is 6.07 Å². The minimum Gasteiger partial charge on any atom is -0.482 e. The Labute approximate surface area is 182 Å². The summed E-state index contributed by atoms with van der Waals surface area (Å²) in [5.74, 6) is -0.802. The van der Waals surface area contributed by atoms with Gasteiger partial charge in [0.1, 0.15) is 11.5 Å². The van der Waals surface area contributed by atoms with E-state index in [9.17, 15) is 18.0 Å². The SMILES string of the molecule is Cc1cc(N(C)Cc2ccc(-c3ccc(OC(F)(F)F)cc3)nc2)ccc1OCC(=O)O. The summed E-state index contributed by atoms with van der Waals surface area (Å²) in [6.07, 6.45) is -3.01. The van der Waals surface area contributed by atoms with Crippen LogP contribution in [0.2, 0.25) is 0 Å². The van der Waals surface area contributed by atoms with Crippen LogP contribution in [0.4, 0.5) is 18.9 Å². The first-order valence-electron chi connectivity index (χ1n) is 9.58. The fourth-order valence-electron chi connectivity index (χ4n) is 3.05. The van der Waals surface area contributed by atoms with Gasteiger partial charge in [0.15, 0.2) is 6.61 Å². The van der Waals surface area contributed by atoms with Gasteiger partial charge in [0.2, 0.25) is 0 Å². The van der Waals surface area contributed by atoms with E-state index in [-0.39, 0.29) is 5.75 Å². The predicted octanol–water partition coefficient (Wildman–Crippen LogP) is 5.06. The lowest BCUT2D eigenvalue weighted by Crippen LogP contribution is -2.17. The molecule has 9 heteroatoms. The van der Waals surface area contributed by atoms with Gasteiger partial charge in [0.05, 0.1) is 5.69 Å². The second kappa shape index (κ2) is 9.59. The van der Waals surface area contributed by atoms with Gasteiger partial charge in [-0.05, 0) is 66.6 Å². The van der Waals surface area contributed by atoms with E-state index >= 15 is 0 Å². The number of carboxylic acids is 1. The van der Waals surface area contributed by atoms with Crippen LogP contribution in [0.15, 0.2) is 60.8 Å². The molecule has 168 valence electrons. The summed E-state index contributed by atoms with van der Waals surface area (Å²) in [5, 5.41) is 8.73. The number of benzene rings is 2. The number of halogens is 3. The van der Waals surface area contributed by atoms with Crippen molar-refractivity contribution < 1.29 is 32.5 Å². The molecule has 0 bridgehead atoms. The lowest BCUT2D eigenvalue weighted by atomic mass is 10.1. The predicted molar refractivity (Wildman–Crippen MR) is 113 cm³/mol. The van der Waals surface area contributed by atoms with E-state index in [4.69, 9.17) is 9.84 Å². The zero-order valence-corrected chi connectivity index (χ0v) is 17.4. The number of rotatable bonds is 8. The largest absolute Gasteiger partial charge is 0.573 e. The monoisotopic (exact) mass is 446 g/mol. The molecule has 0 radical (unpaired) electrons. The molecular weight excluding hydrogens is 425 g/mol.